The number of aryl methyl sites for hydroxylation is 1. The molecule has 0 unspecified atom stereocenters. The molecular weight excluding hydrogens is 549 g/mol. The van der Waals surface area contributed by atoms with Gasteiger partial charge in [-0.1, -0.05) is 73.9 Å². The quantitative estimate of drug-likeness (QED) is 0.206. The first-order valence-corrected chi connectivity index (χ1v) is 14.8. The summed E-state index contributed by atoms with van der Waals surface area (Å²) in [6.07, 6.45) is 3.80. The second kappa shape index (κ2) is 13.9. The summed E-state index contributed by atoms with van der Waals surface area (Å²) in [5.41, 5.74) is 5.65. The smallest absolute Gasteiger partial charge is 0.316 e. The van der Waals surface area contributed by atoms with Crippen LogP contribution in [0.2, 0.25) is 0 Å². The number of rotatable bonds is 9. The third-order valence-corrected chi connectivity index (χ3v) is 7.91. The van der Waals surface area contributed by atoms with Crippen LogP contribution in [0, 0.1) is 6.92 Å². The van der Waals surface area contributed by atoms with Gasteiger partial charge in [0, 0.05) is 43.3 Å². The van der Waals surface area contributed by atoms with Gasteiger partial charge >= 0.3 is 12.2 Å². The summed E-state index contributed by atoms with van der Waals surface area (Å²) >= 11 is 0. The zero-order chi connectivity index (χ0) is 30.2. The Labute approximate surface area is 251 Å². The molecule has 2 amide bonds. The van der Waals surface area contributed by atoms with E-state index in [2.05, 4.69) is 39.9 Å². The molecule has 1 saturated carbocycles. The predicted octanol–water partition coefficient (Wildman–Crippen LogP) is 8.73. The zero-order valence-corrected chi connectivity index (χ0v) is 24.3. The molecule has 0 radical (unpaired) electrons. The van der Waals surface area contributed by atoms with Crippen LogP contribution in [0.25, 0.3) is 11.1 Å². The third-order valence-electron chi connectivity index (χ3n) is 7.91. The van der Waals surface area contributed by atoms with Crippen LogP contribution in [0.1, 0.15) is 60.1 Å². The number of carbonyl (C=O) groups is 1. The van der Waals surface area contributed by atoms with Crippen LogP contribution in [0.15, 0.2) is 91.1 Å². The number of hydrogen-bond acceptors (Lipinski definition) is 3. The predicted molar refractivity (Wildman–Crippen MR) is 164 cm³/mol. The molecule has 1 aliphatic rings. The van der Waals surface area contributed by atoms with Crippen molar-refractivity contribution >= 4 is 11.7 Å². The Hall–Kier alpha value is -4.17. The molecular formula is C35H37F3N4O. The normalized spacial score (nSPS) is 14.0. The van der Waals surface area contributed by atoms with E-state index in [0.29, 0.717) is 12.6 Å². The van der Waals surface area contributed by atoms with E-state index in [0.717, 1.165) is 46.6 Å². The van der Waals surface area contributed by atoms with Crippen LogP contribution in [-0.2, 0) is 25.8 Å². The van der Waals surface area contributed by atoms with E-state index < -0.39 is 17.8 Å². The van der Waals surface area contributed by atoms with Gasteiger partial charge in [0.1, 0.15) is 0 Å². The highest BCUT2D eigenvalue weighted by Crippen LogP contribution is 2.30. The highest BCUT2D eigenvalue weighted by atomic mass is 19.4. The van der Waals surface area contributed by atoms with Gasteiger partial charge < -0.3 is 15.5 Å². The monoisotopic (exact) mass is 586 g/mol. The lowest BCUT2D eigenvalue weighted by molar-refractivity contribution is -0.137. The largest absolute Gasteiger partial charge is 0.416 e. The van der Waals surface area contributed by atoms with Gasteiger partial charge in [-0.25, -0.2) is 4.79 Å². The first kappa shape index (κ1) is 30.3. The second-order valence-corrected chi connectivity index (χ2v) is 11.3. The van der Waals surface area contributed by atoms with Crippen LogP contribution >= 0.6 is 0 Å². The zero-order valence-electron chi connectivity index (χ0n) is 24.3. The average Bonchev–Trinajstić information content (AvgIpc) is 3.02. The first-order valence-electron chi connectivity index (χ1n) is 14.8. The minimum absolute atomic E-state index is 0.290. The van der Waals surface area contributed by atoms with Crippen LogP contribution in [-0.4, -0.2) is 22.0 Å². The maximum Gasteiger partial charge on any atom is 0.416 e. The van der Waals surface area contributed by atoms with Crippen LogP contribution in [0.3, 0.4) is 0 Å². The molecule has 0 saturated heterocycles. The number of pyridine rings is 1. The number of urea groups is 1. The minimum atomic E-state index is -4.44. The van der Waals surface area contributed by atoms with Gasteiger partial charge in [-0.3, -0.25) is 4.98 Å². The number of hydrogen-bond donors (Lipinski definition) is 2. The van der Waals surface area contributed by atoms with Crippen LogP contribution in [0.5, 0.6) is 0 Å². The highest BCUT2D eigenvalue weighted by molar-refractivity contribution is 5.89. The van der Waals surface area contributed by atoms with Crippen molar-refractivity contribution in [3.8, 4) is 11.1 Å². The van der Waals surface area contributed by atoms with Crippen molar-refractivity contribution in [1.82, 2.24) is 15.2 Å². The van der Waals surface area contributed by atoms with Gasteiger partial charge in [-0.2, -0.15) is 13.2 Å². The molecule has 5 nitrogen and oxygen atoms in total. The topological polar surface area (TPSA) is 57.3 Å². The van der Waals surface area contributed by atoms with Gasteiger partial charge in [0.05, 0.1) is 5.56 Å². The molecule has 0 spiro atoms. The van der Waals surface area contributed by atoms with E-state index >= 15 is 0 Å². The van der Waals surface area contributed by atoms with Gasteiger partial charge in [0.15, 0.2) is 0 Å². The number of alkyl halides is 3. The molecule has 1 aromatic heterocycles. The Balaban J connectivity index is 1.24. The molecule has 1 fully saturated rings. The maximum atomic E-state index is 13.3. The SMILES string of the molecule is Cc1ccc(CN(Cc2ccc(-c3ccc(CNC4CCCCC4)cc3)cc2)C(=O)Nc2ccc(C(F)(F)F)cc2)cn1. The van der Waals surface area contributed by atoms with Crippen molar-refractivity contribution in [3.05, 3.63) is 119 Å². The van der Waals surface area contributed by atoms with Crippen LogP contribution in [0.4, 0.5) is 23.7 Å². The first-order chi connectivity index (χ1) is 20.7. The van der Waals surface area contributed by atoms with Crippen molar-refractivity contribution in [2.75, 3.05) is 5.32 Å². The number of benzene rings is 3. The third kappa shape index (κ3) is 8.67. The number of halogens is 3. The van der Waals surface area contributed by atoms with E-state index in [4.69, 9.17) is 0 Å². The lowest BCUT2D eigenvalue weighted by atomic mass is 9.95. The Kier molecular flexibility index (Phi) is 9.77. The van der Waals surface area contributed by atoms with Gasteiger partial charge in [0.25, 0.3) is 0 Å². The van der Waals surface area contributed by atoms with E-state index in [1.165, 1.54) is 49.8 Å². The number of amides is 2. The average molecular weight is 587 g/mol. The molecule has 1 aliphatic carbocycles. The summed E-state index contributed by atoms with van der Waals surface area (Å²) < 4.78 is 38.9. The summed E-state index contributed by atoms with van der Waals surface area (Å²) in [5, 5.41) is 6.43. The van der Waals surface area contributed by atoms with Crippen molar-refractivity contribution in [3.63, 3.8) is 0 Å². The molecule has 43 heavy (non-hydrogen) atoms. The van der Waals surface area contributed by atoms with Crippen molar-refractivity contribution < 1.29 is 18.0 Å². The maximum absolute atomic E-state index is 13.3. The van der Waals surface area contributed by atoms with Crippen molar-refractivity contribution in [1.29, 1.82) is 0 Å². The van der Waals surface area contributed by atoms with Crippen LogP contribution < -0.4 is 10.6 Å². The van der Waals surface area contributed by atoms with Crippen molar-refractivity contribution in [2.24, 2.45) is 0 Å². The van der Waals surface area contributed by atoms with E-state index in [9.17, 15) is 18.0 Å². The standard InChI is InChI=1S/C35H37F3N4O/c1-25-7-8-28(22-39-25)24-42(34(43)41-33-19-17-31(18-20-33)35(36,37)38)23-27-11-15-30(16-12-27)29-13-9-26(10-14-29)21-40-32-5-3-2-4-6-32/h7-20,22,32,40H,2-6,21,23-24H2,1H3,(H,41,43). The highest BCUT2D eigenvalue weighted by Gasteiger charge is 2.30. The van der Waals surface area contributed by atoms with E-state index in [1.54, 1.807) is 11.1 Å². The van der Waals surface area contributed by atoms with Crippen molar-refractivity contribution in [2.45, 2.75) is 70.9 Å². The molecule has 0 bridgehead atoms. The molecule has 0 atom stereocenters. The summed E-state index contributed by atoms with van der Waals surface area (Å²) in [6.45, 7) is 3.37. The molecule has 224 valence electrons. The summed E-state index contributed by atoms with van der Waals surface area (Å²) in [6, 6.07) is 25.2. The fraction of sp³-hybridized carbons (Fsp3) is 0.314. The Morgan fingerprint density at radius 1 is 0.791 bits per heavy atom. The van der Waals surface area contributed by atoms with Gasteiger partial charge in [0.2, 0.25) is 0 Å². The van der Waals surface area contributed by atoms with Gasteiger partial charge in [-0.15, -0.1) is 0 Å². The summed E-state index contributed by atoms with van der Waals surface area (Å²) in [4.78, 5) is 19.3. The Morgan fingerprint density at radius 3 is 1.95 bits per heavy atom. The number of aromatic nitrogens is 1. The summed E-state index contributed by atoms with van der Waals surface area (Å²) in [5.74, 6) is 0. The second-order valence-electron chi connectivity index (χ2n) is 11.3. The lowest BCUT2D eigenvalue weighted by Gasteiger charge is -2.24. The number of nitrogens with zero attached hydrogens (tertiary/aromatic N) is 2. The molecule has 3 aromatic carbocycles. The fourth-order valence-electron chi connectivity index (χ4n) is 5.36. The Morgan fingerprint density at radius 2 is 1.37 bits per heavy atom. The minimum Gasteiger partial charge on any atom is -0.316 e. The lowest BCUT2D eigenvalue weighted by Crippen LogP contribution is -2.34. The number of anilines is 1. The molecule has 4 aromatic rings. The number of carbonyl (C=O) groups excluding carboxylic acids is 1. The van der Waals surface area contributed by atoms with Gasteiger partial charge in [-0.05, 0) is 77.9 Å². The molecule has 5 rings (SSSR count). The molecule has 0 aliphatic heterocycles. The number of nitrogens with one attached hydrogen (secondary N) is 2. The fourth-order valence-corrected chi connectivity index (χ4v) is 5.36. The van der Waals surface area contributed by atoms with E-state index in [-0.39, 0.29) is 12.2 Å². The molecule has 1 heterocycles. The molecule has 2 N–H and O–H groups in total. The summed E-state index contributed by atoms with van der Waals surface area (Å²) in [7, 11) is 0. The molecule has 8 heteroatoms. The van der Waals surface area contributed by atoms with E-state index in [1.807, 2.05) is 43.3 Å². The Bertz CT molecular complexity index is 1460.